The number of imidazole rings is 1. The number of nitrogens with zero attached hydrogens (tertiary/aromatic N) is 3. The Bertz CT molecular complexity index is 651. The van der Waals surface area contributed by atoms with Crippen molar-refractivity contribution in [2.45, 2.75) is 26.4 Å². The number of hydrogen-bond acceptors (Lipinski definition) is 4. The predicted molar refractivity (Wildman–Crippen MR) is 82.4 cm³/mol. The Morgan fingerprint density at radius 2 is 2.33 bits per heavy atom. The van der Waals surface area contributed by atoms with Crippen molar-refractivity contribution < 1.29 is 4.79 Å². The summed E-state index contributed by atoms with van der Waals surface area (Å²) in [6.07, 6.45) is 2.02. The first-order valence-corrected chi connectivity index (χ1v) is 7.43. The molecule has 6 nitrogen and oxygen atoms in total. The van der Waals surface area contributed by atoms with E-state index in [0.717, 1.165) is 36.8 Å². The highest BCUT2D eigenvalue weighted by Crippen LogP contribution is 2.24. The van der Waals surface area contributed by atoms with Crippen molar-refractivity contribution in [1.29, 1.82) is 0 Å². The van der Waals surface area contributed by atoms with Crippen LogP contribution in [0.1, 0.15) is 19.5 Å². The minimum atomic E-state index is -0.191. The van der Waals surface area contributed by atoms with Gasteiger partial charge in [0.25, 0.3) is 0 Å². The molecule has 0 radical (unpaired) electrons. The molecule has 1 aliphatic rings. The molecule has 112 valence electrons. The van der Waals surface area contributed by atoms with Gasteiger partial charge in [-0.2, -0.15) is 0 Å². The molecule has 3 rings (SSSR count). The lowest BCUT2D eigenvalue weighted by atomic mass is 10.2. The van der Waals surface area contributed by atoms with Gasteiger partial charge in [-0.25, -0.2) is 4.98 Å². The molecule has 2 aromatic heterocycles. The number of carbonyl (C=O) groups is 1. The standard InChI is InChI=1S/C15H21N5O/c1-3-16-10-12-14(18-13-6-4-5-8-20(12)13)19-9-7-17-15(21)11(19)2/h4-6,8,11,16H,3,7,9-10H2,1-2H3,(H,17,21). The molecule has 0 bridgehead atoms. The van der Waals surface area contributed by atoms with Crippen LogP contribution < -0.4 is 15.5 Å². The molecule has 2 N–H and O–H groups in total. The Morgan fingerprint density at radius 1 is 1.48 bits per heavy atom. The highest BCUT2D eigenvalue weighted by molar-refractivity contribution is 5.86. The van der Waals surface area contributed by atoms with Gasteiger partial charge in [0.2, 0.25) is 5.91 Å². The maximum absolute atomic E-state index is 11.9. The number of rotatable bonds is 4. The van der Waals surface area contributed by atoms with Crippen LogP contribution in [0.2, 0.25) is 0 Å². The maximum atomic E-state index is 11.9. The van der Waals surface area contributed by atoms with Gasteiger partial charge in [-0.3, -0.25) is 4.79 Å². The average Bonchev–Trinajstić information content (AvgIpc) is 2.86. The molecule has 1 aliphatic heterocycles. The number of piperazine rings is 1. The van der Waals surface area contributed by atoms with Crippen LogP contribution in [0, 0.1) is 0 Å². The highest BCUT2D eigenvalue weighted by atomic mass is 16.2. The summed E-state index contributed by atoms with van der Waals surface area (Å²) < 4.78 is 2.09. The monoisotopic (exact) mass is 287 g/mol. The first-order valence-electron chi connectivity index (χ1n) is 7.43. The lowest BCUT2D eigenvalue weighted by Gasteiger charge is -2.33. The largest absolute Gasteiger partial charge is 0.353 e. The van der Waals surface area contributed by atoms with E-state index in [4.69, 9.17) is 4.98 Å². The maximum Gasteiger partial charge on any atom is 0.242 e. The SMILES string of the molecule is CCNCc1c(N2CCNC(=O)C2C)nc2ccccn12. The van der Waals surface area contributed by atoms with E-state index in [9.17, 15) is 4.79 Å². The first kappa shape index (κ1) is 13.9. The summed E-state index contributed by atoms with van der Waals surface area (Å²) >= 11 is 0. The van der Waals surface area contributed by atoms with E-state index >= 15 is 0 Å². The molecule has 21 heavy (non-hydrogen) atoms. The van der Waals surface area contributed by atoms with E-state index in [0.29, 0.717) is 6.54 Å². The van der Waals surface area contributed by atoms with Gasteiger partial charge in [-0.05, 0) is 25.6 Å². The summed E-state index contributed by atoms with van der Waals surface area (Å²) in [7, 11) is 0. The third-order valence-corrected chi connectivity index (χ3v) is 3.92. The smallest absolute Gasteiger partial charge is 0.242 e. The molecule has 0 aliphatic carbocycles. The molecular weight excluding hydrogens is 266 g/mol. The van der Waals surface area contributed by atoms with Gasteiger partial charge in [0, 0.05) is 25.8 Å². The zero-order chi connectivity index (χ0) is 14.8. The molecule has 1 unspecified atom stereocenters. The van der Waals surface area contributed by atoms with Crippen LogP contribution in [-0.4, -0.2) is 41.0 Å². The van der Waals surface area contributed by atoms with Crippen molar-refractivity contribution in [1.82, 2.24) is 20.0 Å². The van der Waals surface area contributed by atoms with Crippen LogP contribution in [0.5, 0.6) is 0 Å². The Hall–Kier alpha value is -2.08. The summed E-state index contributed by atoms with van der Waals surface area (Å²) in [4.78, 5) is 18.8. The fourth-order valence-electron chi connectivity index (χ4n) is 2.74. The second-order valence-corrected chi connectivity index (χ2v) is 5.25. The van der Waals surface area contributed by atoms with Gasteiger partial charge in [-0.15, -0.1) is 0 Å². The van der Waals surface area contributed by atoms with Gasteiger partial charge in [-0.1, -0.05) is 13.0 Å². The summed E-state index contributed by atoms with van der Waals surface area (Å²) in [5, 5.41) is 6.26. The Morgan fingerprint density at radius 3 is 3.14 bits per heavy atom. The lowest BCUT2D eigenvalue weighted by molar-refractivity contribution is -0.122. The number of hydrogen-bond donors (Lipinski definition) is 2. The summed E-state index contributed by atoms with van der Waals surface area (Å²) in [5.41, 5.74) is 2.02. The zero-order valence-corrected chi connectivity index (χ0v) is 12.5. The van der Waals surface area contributed by atoms with Crippen LogP contribution in [0.4, 0.5) is 5.82 Å². The molecule has 0 aromatic carbocycles. The quantitative estimate of drug-likeness (QED) is 0.872. The molecule has 1 fully saturated rings. The number of aromatic nitrogens is 2. The van der Waals surface area contributed by atoms with Crippen molar-refractivity contribution in [3.63, 3.8) is 0 Å². The van der Waals surface area contributed by atoms with Crippen LogP contribution in [-0.2, 0) is 11.3 Å². The fraction of sp³-hybridized carbons (Fsp3) is 0.467. The van der Waals surface area contributed by atoms with Crippen LogP contribution in [0.15, 0.2) is 24.4 Å². The zero-order valence-electron chi connectivity index (χ0n) is 12.5. The normalized spacial score (nSPS) is 19.0. The third kappa shape index (κ3) is 2.47. The second kappa shape index (κ2) is 5.73. The topological polar surface area (TPSA) is 61.7 Å². The first-order chi connectivity index (χ1) is 10.2. The molecule has 0 saturated carbocycles. The Balaban J connectivity index is 2.05. The average molecular weight is 287 g/mol. The Labute approximate surface area is 124 Å². The van der Waals surface area contributed by atoms with Crippen molar-refractivity contribution in [2.24, 2.45) is 0 Å². The molecule has 0 spiro atoms. The molecule has 3 heterocycles. The fourth-order valence-corrected chi connectivity index (χ4v) is 2.74. The molecule has 2 aromatic rings. The van der Waals surface area contributed by atoms with Crippen molar-refractivity contribution in [2.75, 3.05) is 24.5 Å². The van der Waals surface area contributed by atoms with E-state index in [1.165, 1.54) is 0 Å². The van der Waals surface area contributed by atoms with Gasteiger partial charge in [0.05, 0.1) is 5.69 Å². The molecular formula is C15H21N5O. The van der Waals surface area contributed by atoms with Gasteiger partial charge in [0.1, 0.15) is 11.7 Å². The molecule has 1 atom stereocenters. The highest BCUT2D eigenvalue weighted by Gasteiger charge is 2.29. The molecule has 1 saturated heterocycles. The minimum Gasteiger partial charge on any atom is -0.353 e. The van der Waals surface area contributed by atoms with E-state index in [2.05, 4.69) is 26.9 Å². The van der Waals surface area contributed by atoms with Crippen LogP contribution in [0.3, 0.4) is 0 Å². The Kier molecular flexibility index (Phi) is 3.79. The van der Waals surface area contributed by atoms with Crippen molar-refractivity contribution in [3.05, 3.63) is 30.1 Å². The van der Waals surface area contributed by atoms with Crippen LogP contribution >= 0.6 is 0 Å². The third-order valence-electron chi connectivity index (χ3n) is 3.92. The molecule has 6 heteroatoms. The summed E-state index contributed by atoms with van der Waals surface area (Å²) in [5.74, 6) is 0.970. The predicted octanol–water partition coefficient (Wildman–Crippen LogP) is 0.768. The van der Waals surface area contributed by atoms with Gasteiger partial charge in [0.15, 0.2) is 5.82 Å². The number of pyridine rings is 1. The van der Waals surface area contributed by atoms with E-state index in [1.807, 2.05) is 31.3 Å². The number of anilines is 1. The number of nitrogens with one attached hydrogen (secondary N) is 2. The number of carbonyl (C=O) groups excluding carboxylic acids is 1. The van der Waals surface area contributed by atoms with E-state index in [-0.39, 0.29) is 11.9 Å². The molecule has 1 amide bonds. The van der Waals surface area contributed by atoms with E-state index in [1.54, 1.807) is 0 Å². The number of fused-ring (bicyclic) bond motifs is 1. The lowest BCUT2D eigenvalue weighted by Crippen LogP contribution is -2.54. The van der Waals surface area contributed by atoms with Gasteiger partial charge < -0.3 is 19.9 Å². The number of amides is 1. The minimum absolute atomic E-state index is 0.0627. The van der Waals surface area contributed by atoms with Crippen LogP contribution in [0.25, 0.3) is 5.65 Å². The summed E-state index contributed by atoms with van der Waals surface area (Å²) in [6, 6.07) is 5.78. The van der Waals surface area contributed by atoms with E-state index < -0.39 is 0 Å². The van der Waals surface area contributed by atoms with Crippen molar-refractivity contribution in [3.8, 4) is 0 Å². The van der Waals surface area contributed by atoms with Crippen molar-refractivity contribution >= 4 is 17.4 Å². The van der Waals surface area contributed by atoms with Gasteiger partial charge >= 0.3 is 0 Å². The summed E-state index contributed by atoms with van der Waals surface area (Å²) in [6.45, 7) is 7.10. The second-order valence-electron chi connectivity index (χ2n) is 5.25.